The molecule has 1 amide bonds. The van der Waals surface area contributed by atoms with Crippen LogP contribution in [0.5, 0.6) is 0 Å². The second-order valence-corrected chi connectivity index (χ2v) is 7.42. The van der Waals surface area contributed by atoms with E-state index in [9.17, 15) is 4.79 Å². The van der Waals surface area contributed by atoms with E-state index in [2.05, 4.69) is 38.8 Å². The number of para-hydroxylation sites is 1. The lowest BCUT2D eigenvalue weighted by atomic mass is 9.95. The van der Waals surface area contributed by atoms with Crippen LogP contribution in [0.2, 0.25) is 0 Å². The molecule has 0 radical (unpaired) electrons. The Hall–Kier alpha value is -2.66. The Labute approximate surface area is 165 Å². The van der Waals surface area contributed by atoms with Crippen LogP contribution in [0.25, 0.3) is 10.9 Å². The van der Waals surface area contributed by atoms with Gasteiger partial charge in [0.2, 0.25) is 5.91 Å². The van der Waals surface area contributed by atoms with Crippen LogP contribution in [-0.2, 0) is 22.5 Å². The van der Waals surface area contributed by atoms with Crippen LogP contribution in [0.3, 0.4) is 0 Å². The van der Waals surface area contributed by atoms with Gasteiger partial charge in [-0.15, -0.1) is 0 Å². The molecular formula is C23H27N3O2. The van der Waals surface area contributed by atoms with Gasteiger partial charge in [-0.25, -0.2) is 0 Å². The number of piperidine rings is 1. The Morgan fingerprint density at radius 3 is 2.93 bits per heavy atom. The molecule has 1 unspecified atom stereocenters. The number of hydrogen-bond donors (Lipinski definition) is 0. The summed E-state index contributed by atoms with van der Waals surface area (Å²) in [4.78, 5) is 19.6. The van der Waals surface area contributed by atoms with Crippen molar-refractivity contribution in [1.82, 2.24) is 14.5 Å². The Kier molecular flexibility index (Phi) is 5.72. The van der Waals surface area contributed by atoms with Gasteiger partial charge in [-0.1, -0.05) is 24.3 Å². The third kappa shape index (κ3) is 3.80. The van der Waals surface area contributed by atoms with Gasteiger partial charge in [-0.2, -0.15) is 0 Å². The Balaban J connectivity index is 1.59. The summed E-state index contributed by atoms with van der Waals surface area (Å²) in [6.45, 7) is 2.26. The minimum absolute atomic E-state index is 0.136. The molecule has 2 aromatic heterocycles. The van der Waals surface area contributed by atoms with Crippen LogP contribution in [0.1, 0.15) is 36.4 Å². The molecule has 3 heterocycles. The standard InChI is InChI=1S/C23H27N3O2/c1-28-14-13-25-17-19(20-8-2-3-10-22(20)25)15-23(27)26-12-5-4-9-21(26)18-7-6-11-24-16-18/h2-3,6-8,10-11,16-17,21H,4-5,9,12-15H2,1H3. The number of fused-ring (bicyclic) bond motifs is 1. The first kappa shape index (κ1) is 18.7. The molecule has 4 rings (SSSR count). The van der Waals surface area contributed by atoms with Crippen LogP contribution < -0.4 is 0 Å². The fraction of sp³-hybridized carbons (Fsp3) is 0.391. The van der Waals surface area contributed by atoms with Crippen molar-refractivity contribution in [3.8, 4) is 0 Å². The van der Waals surface area contributed by atoms with E-state index in [-0.39, 0.29) is 11.9 Å². The second kappa shape index (κ2) is 8.57. The van der Waals surface area contributed by atoms with Gasteiger partial charge < -0.3 is 14.2 Å². The zero-order valence-electron chi connectivity index (χ0n) is 16.4. The van der Waals surface area contributed by atoms with Gasteiger partial charge in [0, 0.05) is 49.7 Å². The molecular weight excluding hydrogens is 350 g/mol. The lowest BCUT2D eigenvalue weighted by molar-refractivity contribution is -0.134. The van der Waals surface area contributed by atoms with Crippen molar-refractivity contribution < 1.29 is 9.53 Å². The monoisotopic (exact) mass is 377 g/mol. The molecule has 1 atom stereocenters. The van der Waals surface area contributed by atoms with E-state index >= 15 is 0 Å². The van der Waals surface area contributed by atoms with Crippen LogP contribution >= 0.6 is 0 Å². The van der Waals surface area contributed by atoms with Gasteiger partial charge in [0.15, 0.2) is 0 Å². The highest BCUT2D eigenvalue weighted by atomic mass is 16.5. The fourth-order valence-electron chi connectivity index (χ4n) is 4.25. The molecule has 0 saturated carbocycles. The Morgan fingerprint density at radius 1 is 1.21 bits per heavy atom. The van der Waals surface area contributed by atoms with Gasteiger partial charge in [-0.05, 0) is 42.5 Å². The molecule has 5 heteroatoms. The number of carbonyl (C=O) groups is 1. The number of ether oxygens (including phenoxy) is 1. The molecule has 146 valence electrons. The first-order valence-corrected chi connectivity index (χ1v) is 10.0. The highest BCUT2D eigenvalue weighted by molar-refractivity contribution is 5.89. The topological polar surface area (TPSA) is 47.4 Å². The van der Waals surface area contributed by atoms with Gasteiger partial charge in [-0.3, -0.25) is 9.78 Å². The predicted octanol–water partition coefficient (Wildman–Crippen LogP) is 3.98. The molecule has 1 aliphatic rings. The largest absolute Gasteiger partial charge is 0.383 e. The van der Waals surface area contributed by atoms with E-state index in [0.29, 0.717) is 13.0 Å². The number of pyridine rings is 1. The van der Waals surface area contributed by atoms with Crippen LogP contribution in [0.15, 0.2) is 55.0 Å². The first-order valence-electron chi connectivity index (χ1n) is 10.0. The van der Waals surface area contributed by atoms with E-state index in [1.807, 2.05) is 24.4 Å². The quantitative estimate of drug-likeness (QED) is 0.653. The molecule has 5 nitrogen and oxygen atoms in total. The van der Waals surface area contributed by atoms with Gasteiger partial charge in [0.25, 0.3) is 0 Å². The number of methoxy groups -OCH3 is 1. The molecule has 0 spiro atoms. The number of benzene rings is 1. The number of amides is 1. The number of likely N-dealkylation sites (tertiary alicyclic amines) is 1. The van der Waals surface area contributed by atoms with Gasteiger partial charge in [0.1, 0.15) is 0 Å². The van der Waals surface area contributed by atoms with Crippen molar-refractivity contribution in [2.45, 2.75) is 38.3 Å². The maximum Gasteiger partial charge on any atom is 0.227 e. The molecule has 1 aromatic carbocycles. The summed E-state index contributed by atoms with van der Waals surface area (Å²) in [6.07, 6.45) is 9.45. The summed E-state index contributed by atoms with van der Waals surface area (Å²) in [5, 5.41) is 1.15. The zero-order valence-corrected chi connectivity index (χ0v) is 16.4. The number of rotatable bonds is 6. The maximum atomic E-state index is 13.3. The zero-order chi connectivity index (χ0) is 19.3. The highest BCUT2D eigenvalue weighted by Crippen LogP contribution is 2.31. The van der Waals surface area contributed by atoms with Crippen LogP contribution in [0.4, 0.5) is 0 Å². The first-order chi connectivity index (χ1) is 13.8. The maximum absolute atomic E-state index is 13.3. The van der Waals surface area contributed by atoms with Gasteiger partial charge in [0.05, 0.1) is 19.1 Å². The van der Waals surface area contributed by atoms with Crippen molar-refractivity contribution in [3.63, 3.8) is 0 Å². The SMILES string of the molecule is COCCn1cc(CC(=O)N2CCCCC2c2cccnc2)c2ccccc21. The van der Waals surface area contributed by atoms with E-state index < -0.39 is 0 Å². The molecule has 28 heavy (non-hydrogen) atoms. The van der Waals surface area contributed by atoms with Crippen molar-refractivity contribution in [3.05, 3.63) is 66.1 Å². The summed E-state index contributed by atoms with van der Waals surface area (Å²) < 4.78 is 7.43. The van der Waals surface area contributed by atoms with Crippen LogP contribution in [0, 0.1) is 0 Å². The van der Waals surface area contributed by atoms with Crippen molar-refractivity contribution in [2.75, 3.05) is 20.3 Å². The molecule has 0 bridgehead atoms. The van der Waals surface area contributed by atoms with E-state index in [1.165, 1.54) is 0 Å². The van der Waals surface area contributed by atoms with E-state index in [1.54, 1.807) is 13.3 Å². The lowest BCUT2D eigenvalue weighted by Crippen LogP contribution is -2.39. The minimum Gasteiger partial charge on any atom is -0.383 e. The number of nitrogens with zero attached hydrogens (tertiary/aromatic N) is 3. The molecule has 0 N–H and O–H groups in total. The van der Waals surface area contributed by atoms with Crippen molar-refractivity contribution in [2.24, 2.45) is 0 Å². The van der Waals surface area contributed by atoms with E-state index in [0.717, 1.165) is 54.4 Å². The van der Waals surface area contributed by atoms with Crippen LogP contribution in [-0.4, -0.2) is 40.6 Å². The van der Waals surface area contributed by atoms with E-state index in [4.69, 9.17) is 4.74 Å². The number of aromatic nitrogens is 2. The minimum atomic E-state index is 0.136. The lowest BCUT2D eigenvalue weighted by Gasteiger charge is -2.36. The Morgan fingerprint density at radius 2 is 2.11 bits per heavy atom. The normalized spacial score (nSPS) is 17.2. The average molecular weight is 377 g/mol. The molecule has 3 aromatic rings. The van der Waals surface area contributed by atoms with Crippen molar-refractivity contribution in [1.29, 1.82) is 0 Å². The summed E-state index contributed by atoms with van der Waals surface area (Å²) in [6, 6.07) is 12.5. The molecule has 1 saturated heterocycles. The third-order valence-electron chi connectivity index (χ3n) is 5.64. The smallest absolute Gasteiger partial charge is 0.227 e. The predicted molar refractivity (Wildman–Crippen MR) is 110 cm³/mol. The molecule has 1 aliphatic heterocycles. The fourth-order valence-corrected chi connectivity index (χ4v) is 4.25. The van der Waals surface area contributed by atoms with Gasteiger partial charge >= 0.3 is 0 Å². The summed E-state index contributed by atoms with van der Waals surface area (Å²) in [5.41, 5.74) is 3.38. The summed E-state index contributed by atoms with van der Waals surface area (Å²) in [7, 11) is 1.71. The second-order valence-electron chi connectivity index (χ2n) is 7.42. The summed E-state index contributed by atoms with van der Waals surface area (Å²) in [5.74, 6) is 0.197. The average Bonchev–Trinajstić information content (AvgIpc) is 3.10. The summed E-state index contributed by atoms with van der Waals surface area (Å²) >= 11 is 0. The molecule has 0 aliphatic carbocycles. The number of carbonyl (C=O) groups excluding carboxylic acids is 1. The third-order valence-corrected chi connectivity index (χ3v) is 5.64. The molecule has 1 fully saturated rings. The number of hydrogen-bond acceptors (Lipinski definition) is 3. The highest BCUT2D eigenvalue weighted by Gasteiger charge is 2.28. The Bertz CT molecular complexity index is 935. The van der Waals surface area contributed by atoms with Crippen molar-refractivity contribution >= 4 is 16.8 Å².